The maximum absolute atomic E-state index is 12.0. The lowest BCUT2D eigenvalue weighted by Crippen LogP contribution is -2.17. The first-order valence-corrected chi connectivity index (χ1v) is 7.76. The maximum Gasteiger partial charge on any atom is 0.442 e. The van der Waals surface area contributed by atoms with Crippen molar-refractivity contribution >= 4 is 29.3 Å². The highest BCUT2D eigenvalue weighted by Gasteiger charge is 2.29. The van der Waals surface area contributed by atoms with E-state index >= 15 is 0 Å². The van der Waals surface area contributed by atoms with Gasteiger partial charge < -0.3 is 15.8 Å². The minimum absolute atomic E-state index is 0.171. The van der Waals surface area contributed by atoms with Crippen molar-refractivity contribution in [3.8, 4) is 11.6 Å². The number of primary amides is 1. The van der Waals surface area contributed by atoms with Gasteiger partial charge in [-0.25, -0.2) is 4.98 Å². The van der Waals surface area contributed by atoms with E-state index in [0.717, 1.165) is 0 Å². The fourth-order valence-electron chi connectivity index (χ4n) is 1.69. The van der Waals surface area contributed by atoms with Gasteiger partial charge in [0.05, 0.1) is 17.6 Å². The number of amides is 2. The zero-order valence-corrected chi connectivity index (χ0v) is 13.4. The number of carbonyl (C=O) groups excluding carboxylic acids is 2. The van der Waals surface area contributed by atoms with Crippen LogP contribution in [0.15, 0.2) is 42.6 Å². The molecule has 0 bridgehead atoms. The average Bonchev–Trinajstić information content (AvgIpc) is 2.54. The predicted molar refractivity (Wildman–Crippen MR) is 86.4 cm³/mol. The van der Waals surface area contributed by atoms with Gasteiger partial charge in [-0.3, -0.25) is 9.59 Å². The first-order valence-electron chi connectivity index (χ1n) is 6.77. The van der Waals surface area contributed by atoms with Crippen LogP contribution in [0, 0.1) is 0 Å². The number of carbonyl (C=O) groups is 2. The third-order valence-electron chi connectivity index (χ3n) is 2.73. The molecule has 0 aliphatic heterocycles. The van der Waals surface area contributed by atoms with Crippen LogP contribution in [0.4, 0.5) is 18.9 Å². The summed E-state index contributed by atoms with van der Waals surface area (Å²) in [6.07, 6.45) is 1.24. The summed E-state index contributed by atoms with van der Waals surface area (Å²) in [5.74, 6) is -1.65. The van der Waals surface area contributed by atoms with Crippen LogP contribution in [0.1, 0.15) is 10.4 Å². The van der Waals surface area contributed by atoms with Crippen LogP contribution >= 0.6 is 11.8 Å². The number of alkyl halides is 3. The fourth-order valence-corrected chi connectivity index (χ4v) is 2.06. The number of anilines is 1. The largest absolute Gasteiger partial charge is 0.442 e. The van der Waals surface area contributed by atoms with E-state index in [-0.39, 0.29) is 17.1 Å². The Labute approximate surface area is 144 Å². The second kappa shape index (κ2) is 7.88. The Kier molecular flexibility index (Phi) is 5.86. The number of hydrogen-bond donors (Lipinski definition) is 2. The smallest absolute Gasteiger partial charge is 0.439 e. The van der Waals surface area contributed by atoms with E-state index < -0.39 is 34.8 Å². The summed E-state index contributed by atoms with van der Waals surface area (Å²) in [4.78, 5) is 26.4. The van der Waals surface area contributed by atoms with Crippen molar-refractivity contribution in [1.82, 2.24) is 4.98 Å². The molecule has 6 nitrogen and oxygen atoms in total. The number of thioether (sulfide) groups is 1. The molecule has 132 valence electrons. The van der Waals surface area contributed by atoms with Crippen molar-refractivity contribution in [2.75, 3.05) is 11.1 Å². The van der Waals surface area contributed by atoms with Crippen molar-refractivity contribution in [2.24, 2.45) is 5.73 Å². The van der Waals surface area contributed by atoms with Gasteiger partial charge in [0.25, 0.3) is 0 Å². The molecule has 2 aromatic rings. The van der Waals surface area contributed by atoms with Crippen LogP contribution < -0.4 is 15.8 Å². The van der Waals surface area contributed by atoms with Crippen molar-refractivity contribution in [3.63, 3.8) is 0 Å². The highest BCUT2D eigenvalue weighted by Crippen LogP contribution is 2.30. The molecule has 1 aromatic carbocycles. The summed E-state index contributed by atoms with van der Waals surface area (Å²) in [5, 5.41) is 2.29. The van der Waals surface area contributed by atoms with Gasteiger partial charge in [-0.05, 0) is 36.0 Å². The number of halogens is 3. The first-order chi connectivity index (χ1) is 11.7. The maximum atomic E-state index is 12.0. The van der Waals surface area contributed by atoms with Crippen LogP contribution in [0.5, 0.6) is 11.6 Å². The molecular formula is C15H12F3N3O3S. The zero-order valence-electron chi connectivity index (χ0n) is 12.5. The number of aromatic nitrogens is 1. The molecule has 25 heavy (non-hydrogen) atoms. The average molecular weight is 371 g/mol. The van der Waals surface area contributed by atoms with Crippen LogP contribution in [-0.4, -0.2) is 28.1 Å². The van der Waals surface area contributed by atoms with E-state index in [2.05, 4.69) is 10.3 Å². The molecule has 3 N–H and O–H groups in total. The van der Waals surface area contributed by atoms with Crippen molar-refractivity contribution in [3.05, 3.63) is 48.2 Å². The molecule has 2 amide bonds. The molecule has 0 spiro atoms. The summed E-state index contributed by atoms with van der Waals surface area (Å²) in [6, 6.07) is 8.99. The Morgan fingerprint density at radius 1 is 1.24 bits per heavy atom. The van der Waals surface area contributed by atoms with Gasteiger partial charge in [0, 0.05) is 11.6 Å². The Bertz CT molecular complexity index is 767. The number of nitrogens with one attached hydrogen (secondary N) is 1. The van der Waals surface area contributed by atoms with E-state index in [1.54, 1.807) is 12.1 Å². The monoisotopic (exact) mass is 371 g/mol. The zero-order chi connectivity index (χ0) is 18.4. The third kappa shape index (κ3) is 6.34. The number of nitrogens with zero attached hydrogens (tertiary/aromatic N) is 1. The van der Waals surface area contributed by atoms with Gasteiger partial charge in [-0.1, -0.05) is 6.07 Å². The molecule has 10 heteroatoms. The number of hydrogen-bond acceptors (Lipinski definition) is 5. The molecule has 0 saturated carbocycles. The molecular weight excluding hydrogens is 359 g/mol. The Morgan fingerprint density at radius 3 is 2.60 bits per heavy atom. The minimum Gasteiger partial charge on any atom is -0.439 e. The van der Waals surface area contributed by atoms with Gasteiger partial charge >= 0.3 is 5.51 Å². The number of ether oxygens (including phenoxy) is 1. The minimum atomic E-state index is -4.47. The van der Waals surface area contributed by atoms with Crippen molar-refractivity contribution in [2.45, 2.75) is 5.51 Å². The topological polar surface area (TPSA) is 94.3 Å². The summed E-state index contributed by atoms with van der Waals surface area (Å²) >= 11 is -0.425. The lowest BCUT2D eigenvalue weighted by atomic mass is 10.2. The quantitative estimate of drug-likeness (QED) is 0.813. The van der Waals surface area contributed by atoms with Crippen LogP contribution in [0.25, 0.3) is 0 Å². The first kappa shape index (κ1) is 18.6. The molecule has 0 fully saturated rings. The Balaban J connectivity index is 1.95. The number of nitrogens with two attached hydrogens (primary N) is 1. The van der Waals surface area contributed by atoms with Crippen LogP contribution in [0.2, 0.25) is 0 Å². The van der Waals surface area contributed by atoms with E-state index in [1.165, 1.54) is 30.5 Å². The van der Waals surface area contributed by atoms with Crippen molar-refractivity contribution in [1.29, 1.82) is 0 Å². The molecule has 0 radical (unpaired) electrons. The summed E-state index contributed by atoms with van der Waals surface area (Å²) < 4.78 is 41.5. The van der Waals surface area contributed by atoms with Crippen molar-refractivity contribution < 1.29 is 27.5 Å². The second-order valence-electron chi connectivity index (χ2n) is 4.66. The molecule has 0 unspecified atom stereocenters. The van der Waals surface area contributed by atoms with Gasteiger partial charge in [0.2, 0.25) is 17.7 Å². The van der Waals surface area contributed by atoms with Crippen LogP contribution in [-0.2, 0) is 4.79 Å². The standard InChI is InChI=1S/C15H12F3N3O3S/c16-15(17,18)25-8-12(22)21-10-4-5-13(20-7-10)24-11-3-1-2-9(6-11)14(19)23/h1-7H,8H2,(H2,19,23)(H,21,22). The molecule has 0 saturated heterocycles. The highest BCUT2D eigenvalue weighted by molar-refractivity contribution is 8.00. The highest BCUT2D eigenvalue weighted by atomic mass is 32.2. The van der Waals surface area contributed by atoms with Crippen LogP contribution in [0.3, 0.4) is 0 Å². The molecule has 0 aliphatic rings. The third-order valence-corrected chi connectivity index (χ3v) is 3.46. The van der Waals surface area contributed by atoms with E-state index in [4.69, 9.17) is 10.5 Å². The van der Waals surface area contributed by atoms with Gasteiger partial charge in [0.1, 0.15) is 5.75 Å². The summed E-state index contributed by atoms with van der Waals surface area (Å²) in [5.41, 5.74) is 1.20. The second-order valence-corrected chi connectivity index (χ2v) is 5.70. The molecule has 2 rings (SSSR count). The number of pyridine rings is 1. The fraction of sp³-hybridized carbons (Fsp3) is 0.133. The molecule has 0 atom stereocenters. The van der Waals surface area contributed by atoms with E-state index in [0.29, 0.717) is 5.75 Å². The van der Waals surface area contributed by atoms with Gasteiger partial charge in [-0.15, -0.1) is 0 Å². The predicted octanol–water partition coefficient (Wildman–Crippen LogP) is 3.16. The lowest BCUT2D eigenvalue weighted by molar-refractivity contribution is -0.114. The van der Waals surface area contributed by atoms with E-state index in [1.807, 2.05) is 0 Å². The summed E-state index contributed by atoms with van der Waals surface area (Å²) in [6.45, 7) is 0. The van der Waals surface area contributed by atoms with Gasteiger partial charge in [0.15, 0.2) is 0 Å². The molecule has 1 aromatic heterocycles. The lowest BCUT2D eigenvalue weighted by Gasteiger charge is -2.08. The summed E-state index contributed by atoms with van der Waals surface area (Å²) in [7, 11) is 0. The van der Waals surface area contributed by atoms with E-state index in [9.17, 15) is 22.8 Å². The molecule has 0 aliphatic carbocycles. The SMILES string of the molecule is NC(=O)c1cccc(Oc2ccc(NC(=O)CSC(F)(F)F)cn2)c1. The number of rotatable bonds is 6. The van der Waals surface area contributed by atoms with Gasteiger partial charge in [-0.2, -0.15) is 13.2 Å². The normalized spacial score (nSPS) is 11.0. The molecule has 1 heterocycles. The number of benzene rings is 1. The Hall–Kier alpha value is -2.75. The Morgan fingerprint density at radius 2 is 2.00 bits per heavy atom.